The minimum Gasteiger partial charge on any atom is -0.352 e. The number of carbonyl (C=O) groups is 1. The van der Waals surface area contributed by atoms with Gasteiger partial charge in [0.25, 0.3) is 5.56 Å². The Hall–Kier alpha value is -2.59. The van der Waals surface area contributed by atoms with Crippen LogP contribution in [-0.2, 0) is 17.8 Å². The molecular weight excluding hydrogens is 336 g/mol. The van der Waals surface area contributed by atoms with E-state index in [1.54, 1.807) is 12.1 Å². The van der Waals surface area contributed by atoms with Crippen molar-refractivity contribution in [2.24, 2.45) is 0 Å². The number of pyridine rings is 1. The zero-order valence-corrected chi connectivity index (χ0v) is 14.7. The summed E-state index contributed by atoms with van der Waals surface area (Å²) in [5.41, 5.74) is 3.36. The standard InChI is InChI=1S/C20H19ClN2O2/c1-13-3-2-4-15-11-16(20(25)23-19(13)15)7-10-18(24)22-12-14-5-8-17(21)9-6-14/h2-6,8-9,11H,7,10,12H2,1H3,(H,22,24)(H,23,25). The maximum absolute atomic E-state index is 12.2. The summed E-state index contributed by atoms with van der Waals surface area (Å²) < 4.78 is 0. The van der Waals surface area contributed by atoms with Gasteiger partial charge in [0.05, 0.1) is 5.52 Å². The molecule has 0 atom stereocenters. The van der Waals surface area contributed by atoms with E-state index in [0.29, 0.717) is 23.6 Å². The summed E-state index contributed by atoms with van der Waals surface area (Å²) in [6.45, 7) is 2.41. The number of aromatic amines is 1. The first-order valence-electron chi connectivity index (χ1n) is 8.15. The lowest BCUT2D eigenvalue weighted by molar-refractivity contribution is -0.121. The molecule has 2 aromatic carbocycles. The minimum atomic E-state index is -0.132. The number of hydrogen-bond acceptors (Lipinski definition) is 2. The van der Waals surface area contributed by atoms with E-state index in [-0.39, 0.29) is 17.9 Å². The molecule has 0 aliphatic rings. The van der Waals surface area contributed by atoms with Crippen molar-refractivity contribution < 1.29 is 4.79 Å². The number of hydrogen-bond donors (Lipinski definition) is 2. The third kappa shape index (κ3) is 4.28. The summed E-state index contributed by atoms with van der Waals surface area (Å²) >= 11 is 5.84. The summed E-state index contributed by atoms with van der Waals surface area (Å²) in [6.07, 6.45) is 0.680. The van der Waals surface area contributed by atoms with Crippen molar-refractivity contribution in [3.63, 3.8) is 0 Å². The van der Waals surface area contributed by atoms with Crippen molar-refractivity contribution in [3.8, 4) is 0 Å². The SMILES string of the molecule is Cc1cccc2cc(CCC(=O)NCc3ccc(Cl)cc3)c(=O)[nH]c12. The van der Waals surface area contributed by atoms with Gasteiger partial charge in [-0.25, -0.2) is 0 Å². The molecule has 128 valence electrons. The highest BCUT2D eigenvalue weighted by Gasteiger charge is 2.08. The van der Waals surface area contributed by atoms with Crippen LogP contribution in [0.4, 0.5) is 0 Å². The summed E-state index contributed by atoms with van der Waals surface area (Å²) in [6, 6.07) is 15.1. The quantitative estimate of drug-likeness (QED) is 0.733. The van der Waals surface area contributed by atoms with E-state index in [4.69, 9.17) is 11.6 Å². The second-order valence-corrected chi connectivity index (χ2v) is 6.50. The third-order valence-corrected chi connectivity index (χ3v) is 4.44. The molecule has 25 heavy (non-hydrogen) atoms. The molecule has 0 spiro atoms. The molecule has 0 radical (unpaired) electrons. The average Bonchev–Trinajstić information content (AvgIpc) is 2.60. The summed E-state index contributed by atoms with van der Waals surface area (Å²) in [5.74, 6) is -0.0845. The molecule has 3 rings (SSSR count). The number of H-pyrrole nitrogens is 1. The molecule has 1 heterocycles. The van der Waals surface area contributed by atoms with Crippen LogP contribution in [0.5, 0.6) is 0 Å². The van der Waals surface area contributed by atoms with Gasteiger partial charge in [-0.1, -0.05) is 41.9 Å². The normalized spacial score (nSPS) is 10.8. The van der Waals surface area contributed by atoms with Crippen LogP contribution >= 0.6 is 11.6 Å². The van der Waals surface area contributed by atoms with Crippen LogP contribution in [0.15, 0.2) is 53.3 Å². The fraction of sp³-hybridized carbons (Fsp3) is 0.200. The molecule has 0 saturated carbocycles. The highest BCUT2D eigenvalue weighted by molar-refractivity contribution is 6.30. The minimum absolute atomic E-state index is 0.0845. The second kappa shape index (κ2) is 7.53. The van der Waals surface area contributed by atoms with Crippen LogP contribution in [0.25, 0.3) is 10.9 Å². The number of rotatable bonds is 5. The Balaban J connectivity index is 1.62. The van der Waals surface area contributed by atoms with E-state index < -0.39 is 0 Å². The molecular formula is C20H19ClN2O2. The number of aryl methyl sites for hydroxylation is 2. The Morgan fingerprint density at radius 3 is 2.68 bits per heavy atom. The summed E-state index contributed by atoms with van der Waals surface area (Å²) in [4.78, 5) is 27.2. The first-order chi connectivity index (χ1) is 12.0. The van der Waals surface area contributed by atoms with Gasteiger partial charge in [0, 0.05) is 23.6 Å². The van der Waals surface area contributed by atoms with Gasteiger partial charge in [0.15, 0.2) is 0 Å². The second-order valence-electron chi connectivity index (χ2n) is 6.07. The molecule has 0 aliphatic heterocycles. The van der Waals surface area contributed by atoms with Crippen LogP contribution in [0, 0.1) is 6.92 Å². The van der Waals surface area contributed by atoms with Crippen molar-refractivity contribution in [2.45, 2.75) is 26.3 Å². The zero-order chi connectivity index (χ0) is 17.8. The molecule has 0 bridgehead atoms. The van der Waals surface area contributed by atoms with Crippen molar-refractivity contribution in [1.82, 2.24) is 10.3 Å². The Morgan fingerprint density at radius 1 is 1.16 bits per heavy atom. The number of amides is 1. The van der Waals surface area contributed by atoms with Crippen LogP contribution in [-0.4, -0.2) is 10.9 Å². The lowest BCUT2D eigenvalue weighted by atomic mass is 10.1. The maximum Gasteiger partial charge on any atom is 0.251 e. The monoisotopic (exact) mass is 354 g/mol. The molecule has 0 unspecified atom stereocenters. The molecule has 0 fully saturated rings. The highest BCUT2D eigenvalue weighted by atomic mass is 35.5. The fourth-order valence-electron chi connectivity index (χ4n) is 2.75. The predicted octanol–water partition coefficient (Wildman–Crippen LogP) is 3.74. The van der Waals surface area contributed by atoms with Gasteiger partial charge >= 0.3 is 0 Å². The largest absolute Gasteiger partial charge is 0.352 e. The molecule has 0 aliphatic carbocycles. The lowest BCUT2D eigenvalue weighted by Crippen LogP contribution is -2.24. The smallest absolute Gasteiger partial charge is 0.251 e. The van der Waals surface area contributed by atoms with Gasteiger partial charge in [-0.3, -0.25) is 9.59 Å². The number of fused-ring (bicyclic) bond motifs is 1. The van der Waals surface area contributed by atoms with Crippen LogP contribution in [0.3, 0.4) is 0 Å². The van der Waals surface area contributed by atoms with Gasteiger partial charge in [-0.15, -0.1) is 0 Å². The first kappa shape index (κ1) is 17.2. The summed E-state index contributed by atoms with van der Waals surface area (Å²) in [5, 5.41) is 4.51. The predicted molar refractivity (Wildman–Crippen MR) is 101 cm³/mol. The number of para-hydroxylation sites is 1. The molecule has 1 aromatic heterocycles. The third-order valence-electron chi connectivity index (χ3n) is 4.19. The number of aromatic nitrogens is 1. The molecule has 5 heteroatoms. The highest BCUT2D eigenvalue weighted by Crippen LogP contribution is 2.15. The summed E-state index contributed by atoms with van der Waals surface area (Å²) in [7, 11) is 0. The van der Waals surface area contributed by atoms with Crippen molar-refractivity contribution in [1.29, 1.82) is 0 Å². The number of halogens is 1. The van der Waals surface area contributed by atoms with Gasteiger partial charge in [-0.05, 0) is 48.1 Å². The molecule has 4 nitrogen and oxygen atoms in total. The van der Waals surface area contributed by atoms with Crippen LogP contribution in [0.1, 0.15) is 23.1 Å². The Kier molecular flexibility index (Phi) is 5.19. The average molecular weight is 355 g/mol. The van der Waals surface area contributed by atoms with E-state index in [0.717, 1.165) is 22.0 Å². The van der Waals surface area contributed by atoms with Crippen LogP contribution in [0.2, 0.25) is 5.02 Å². The van der Waals surface area contributed by atoms with Crippen molar-refractivity contribution >= 4 is 28.4 Å². The van der Waals surface area contributed by atoms with E-state index in [2.05, 4.69) is 10.3 Å². The molecule has 1 amide bonds. The Morgan fingerprint density at radius 2 is 1.92 bits per heavy atom. The van der Waals surface area contributed by atoms with E-state index in [1.165, 1.54) is 0 Å². The molecule has 3 aromatic rings. The fourth-order valence-corrected chi connectivity index (χ4v) is 2.88. The number of benzene rings is 2. The molecule has 0 saturated heterocycles. The van der Waals surface area contributed by atoms with Crippen LogP contribution < -0.4 is 10.9 Å². The number of nitrogens with one attached hydrogen (secondary N) is 2. The van der Waals surface area contributed by atoms with Gasteiger partial charge < -0.3 is 10.3 Å². The van der Waals surface area contributed by atoms with Crippen molar-refractivity contribution in [2.75, 3.05) is 0 Å². The van der Waals surface area contributed by atoms with Gasteiger partial charge in [0.1, 0.15) is 0 Å². The molecule has 2 N–H and O–H groups in total. The van der Waals surface area contributed by atoms with E-state index in [1.807, 2.05) is 43.3 Å². The van der Waals surface area contributed by atoms with E-state index >= 15 is 0 Å². The first-order valence-corrected chi connectivity index (χ1v) is 8.53. The Bertz CT molecular complexity index is 962. The zero-order valence-electron chi connectivity index (χ0n) is 13.9. The Labute approximate surface area is 150 Å². The van der Waals surface area contributed by atoms with E-state index in [9.17, 15) is 9.59 Å². The number of carbonyl (C=O) groups excluding carboxylic acids is 1. The maximum atomic E-state index is 12.2. The van der Waals surface area contributed by atoms with Gasteiger partial charge in [-0.2, -0.15) is 0 Å². The van der Waals surface area contributed by atoms with Crippen molar-refractivity contribution in [3.05, 3.63) is 80.6 Å². The lowest BCUT2D eigenvalue weighted by Gasteiger charge is -2.07. The topological polar surface area (TPSA) is 62.0 Å². The van der Waals surface area contributed by atoms with Gasteiger partial charge in [0.2, 0.25) is 5.91 Å².